The van der Waals surface area contributed by atoms with Gasteiger partial charge in [-0.05, 0) is 55.7 Å². The summed E-state index contributed by atoms with van der Waals surface area (Å²) in [6, 6.07) is 5.59. The second-order valence-electron chi connectivity index (χ2n) is 6.62. The Morgan fingerprint density at radius 3 is 2.57 bits per heavy atom. The summed E-state index contributed by atoms with van der Waals surface area (Å²) in [6.45, 7) is 3.55. The summed E-state index contributed by atoms with van der Waals surface area (Å²) in [4.78, 5) is 23.1. The smallest absolute Gasteiger partial charge is 0.310 e. The Labute approximate surface area is 143 Å². The lowest BCUT2D eigenvalue weighted by Gasteiger charge is -2.30. The normalized spacial score (nSPS) is 22.6. The van der Waals surface area contributed by atoms with Gasteiger partial charge in [0.1, 0.15) is 5.78 Å². The molecule has 3 nitrogen and oxygen atoms in total. The van der Waals surface area contributed by atoms with Crippen LogP contribution in [-0.4, -0.2) is 16.9 Å². The number of ketones is 1. The highest BCUT2D eigenvalue weighted by Crippen LogP contribution is 2.35. The maximum atomic E-state index is 11.8. The Kier molecular flexibility index (Phi) is 6.23. The molecule has 1 saturated carbocycles. The van der Waals surface area contributed by atoms with Gasteiger partial charge in [0.05, 0.1) is 5.92 Å². The zero-order valence-electron chi connectivity index (χ0n) is 13.8. The molecule has 3 atom stereocenters. The molecular formula is C19H25ClO3. The first-order valence-electron chi connectivity index (χ1n) is 8.45. The van der Waals surface area contributed by atoms with E-state index in [1.54, 1.807) is 13.0 Å². The molecule has 1 aromatic carbocycles. The summed E-state index contributed by atoms with van der Waals surface area (Å²) >= 11 is 6.40. The first-order valence-corrected chi connectivity index (χ1v) is 8.83. The van der Waals surface area contributed by atoms with Gasteiger partial charge in [-0.3, -0.25) is 9.59 Å². The number of carboxylic acids is 1. The van der Waals surface area contributed by atoms with E-state index in [9.17, 15) is 14.7 Å². The van der Waals surface area contributed by atoms with Crippen LogP contribution in [0.4, 0.5) is 0 Å². The lowest BCUT2D eigenvalue weighted by atomic mass is 9.74. The predicted molar refractivity (Wildman–Crippen MR) is 92.0 cm³/mol. The van der Waals surface area contributed by atoms with E-state index < -0.39 is 11.9 Å². The zero-order valence-corrected chi connectivity index (χ0v) is 14.6. The van der Waals surface area contributed by atoms with Gasteiger partial charge in [0.25, 0.3) is 0 Å². The van der Waals surface area contributed by atoms with Gasteiger partial charge < -0.3 is 5.11 Å². The van der Waals surface area contributed by atoms with Gasteiger partial charge in [-0.2, -0.15) is 0 Å². The van der Waals surface area contributed by atoms with Crippen molar-refractivity contribution >= 4 is 23.4 Å². The van der Waals surface area contributed by atoms with Crippen LogP contribution in [0.5, 0.6) is 0 Å². The molecule has 1 fully saturated rings. The summed E-state index contributed by atoms with van der Waals surface area (Å²) in [5.74, 6) is -0.561. The highest BCUT2D eigenvalue weighted by Gasteiger charge is 2.29. The van der Waals surface area contributed by atoms with Crippen molar-refractivity contribution in [3.8, 4) is 0 Å². The Hall–Kier alpha value is -1.35. The van der Waals surface area contributed by atoms with Crippen LogP contribution < -0.4 is 0 Å². The van der Waals surface area contributed by atoms with E-state index in [2.05, 4.69) is 0 Å². The summed E-state index contributed by atoms with van der Waals surface area (Å²) < 4.78 is 0. The molecule has 23 heavy (non-hydrogen) atoms. The molecule has 0 aliphatic heterocycles. The molecule has 2 rings (SSSR count). The largest absolute Gasteiger partial charge is 0.481 e. The first kappa shape index (κ1) is 18.0. The van der Waals surface area contributed by atoms with Crippen LogP contribution in [0.15, 0.2) is 18.2 Å². The Balaban J connectivity index is 2.17. The maximum Gasteiger partial charge on any atom is 0.310 e. The number of benzene rings is 1. The van der Waals surface area contributed by atoms with E-state index in [0.717, 1.165) is 36.8 Å². The van der Waals surface area contributed by atoms with Crippen molar-refractivity contribution in [1.29, 1.82) is 0 Å². The van der Waals surface area contributed by atoms with E-state index in [0.29, 0.717) is 17.4 Å². The number of carboxylic acid groups (broad SMARTS) is 1. The number of hydrogen-bond donors (Lipinski definition) is 1. The van der Waals surface area contributed by atoms with E-state index in [-0.39, 0.29) is 11.7 Å². The average molecular weight is 337 g/mol. The van der Waals surface area contributed by atoms with Crippen LogP contribution in [0.1, 0.15) is 63.0 Å². The highest BCUT2D eigenvalue weighted by atomic mass is 35.5. The topological polar surface area (TPSA) is 54.4 Å². The molecule has 1 aliphatic carbocycles. The van der Waals surface area contributed by atoms with Crippen molar-refractivity contribution in [3.05, 3.63) is 34.3 Å². The Bertz CT molecular complexity index is 582. The second-order valence-corrected chi connectivity index (χ2v) is 7.02. The van der Waals surface area contributed by atoms with Crippen molar-refractivity contribution in [2.45, 2.75) is 58.3 Å². The zero-order chi connectivity index (χ0) is 17.0. The van der Waals surface area contributed by atoms with Gasteiger partial charge in [0.15, 0.2) is 0 Å². The van der Waals surface area contributed by atoms with E-state index >= 15 is 0 Å². The second kappa shape index (κ2) is 7.96. The van der Waals surface area contributed by atoms with Crippen molar-refractivity contribution < 1.29 is 14.7 Å². The van der Waals surface area contributed by atoms with E-state index in [4.69, 9.17) is 11.6 Å². The fourth-order valence-electron chi connectivity index (χ4n) is 3.77. The van der Waals surface area contributed by atoms with E-state index in [1.165, 1.54) is 6.42 Å². The summed E-state index contributed by atoms with van der Waals surface area (Å²) in [5.41, 5.74) is 1.77. The van der Waals surface area contributed by atoms with Crippen LogP contribution in [0, 0.1) is 11.8 Å². The molecule has 1 unspecified atom stereocenters. The fourth-order valence-corrected chi connectivity index (χ4v) is 4.03. The Morgan fingerprint density at radius 1 is 1.30 bits per heavy atom. The molecule has 0 heterocycles. The number of aliphatic carboxylic acids is 1. The standard InChI is InChI=1S/C19H25ClO3/c1-3-16(19(22)23)14-8-9-15(18(20)11-14)10-13-6-4-5-7-17(13)12(2)21/h8-9,11,13,16-17H,3-7,10H2,1-2H3,(H,22,23)/t13-,16?,17-/m0/s1. The highest BCUT2D eigenvalue weighted by molar-refractivity contribution is 6.31. The summed E-state index contributed by atoms with van der Waals surface area (Å²) in [5, 5.41) is 9.88. The number of halogens is 1. The molecule has 1 N–H and O–H groups in total. The molecule has 0 aromatic heterocycles. The minimum Gasteiger partial charge on any atom is -0.481 e. The number of carbonyl (C=O) groups is 2. The molecule has 0 bridgehead atoms. The minimum atomic E-state index is -0.819. The van der Waals surface area contributed by atoms with Crippen molar-refractivity contribution in [3.63, 3.8) is 0 Å². The molecule has 4 heteroatoms. The first-order chi connectivity index (χ1) is 10.9. The van der Waals surface area contributed by atoms with Crippen molar-refractivity contribution in [2.75, 3.05) is 0 Å². The van der Waals surface area contributed by atoms with Crippen molar-refractivity contribution in [1.82, 2.24) is 0 Å². The summed E-state index contributed by atoms with van der Waals surface area (Å²) in [6.07, 6.45) is 5.68. The lowest BCUT2D eigenvalue weighted by Crippen LogP contribution is -2.27. The molecule has 1 aromatic rings. The lowest BCUT2D eigenvalue weighted by molar-refractivity contribution is -0.138. The van der Waals surface area contributed by atoms with Crippen LogP contribution in [0.2, 0.25) is 5.02 Å². The third-order valence-electron chi connectivity index (χ3n) is 5.10. The quantitative estimate of drug-likeness (QED) is 0.807. The summed E-state index contributed by atoms with van der Waals surface area (Å²) in [7, 11) is 0. The number of rotatable bonds is 6. The van der Waals surface area contributed by atoms with Gasteiger partial charge in [0, 0.05) is 10.9 Å². The van der Waals surface area contributed by atoms with Crippen LogP contribution in [0.25, 0.3) is 0 Å². The SMILES string of the molecule is CCC(C(=O)O)c1ccc(C[C@@H]2CCCC[C@H]2C(C)=O)c(Cl)c1. The van der Waals surface area contributed by atoms with Gasteiger partial charge in [-0.1, -0.05) is 43.5 Å². The van der Waals surface area contributed by atoms with Crippen LogP contribution >= 0.6 is 11.6 Å². The number of Topliss-reactive ketones (excluding diaryl/α,β-unsaturated/α-hetero) is 1. The van der Waals surface area contributed by atoms with Crippen LogP contribution in [-0.2, 0) is 16.0 Å². The van der Waals surface area contributed by atoms with Crippen molar-refractivity contribution in [2.24, 2.45) is 11.8 Å². The molecular weight excluding hydrogens is 312 g/mol. The number of hydrogen-bond acceptors (Lipinski definition) is 2. The van der Waals surface area contributed by atoms with E-state index in [1.807, 2.05) is 19.1 Å². The van der Waals surface area contributed by atoms with Gasteiger partial charge in [-0.25, -0.2) is 0 Å². The minimum absolute atomic E-state index is 0.141. The molecule has 0 spiro atoms. The molecule has 1 aliphatic rings. The maximum absolute atomic E-state index is 11.8. The van der Waals surface area contributed by atoms with Gasteiger partial charge >= 0.3 is 5.97 Å². The Morgan fingerprint density at radius 2 is 2.00 bits per heavy atom. The average Bonchev–Trinajstić information content (AvgIpc) is 2.50. The van der Waals surface area contributed by atoms with Crippen LogP contribution in [0.3, 0.4) is 0 Å². The third-order valence-corrected chi connectivity index (χ3v) is 5.45. The molecule has 0 saturated heterocycles. The molecule has 126 valence electrons. The predicted octanol–water partition coefficient (Wildman–Crippen LogP) is 4.86. The van der Waals surface area contributed by atoms with Gasteiger partial charge in [-0.15, -0.1) is 0 Å². The fraction of sp³-hybridized carbons (Fsp3) is 0.579. The third kappa shape index (κ3) is 4.35. The van der Waals surface area contributed by atoms with Gasteiger partial charge in [0.2, 0.25) is 0 Å². The molecule has 0 radical (unpaired) electrons. The monoisotopic (exact) mass is 336 g/mol. The number of carbonyl (C=O) groups excluding carboxylic acids is 1. The molecule has 0 amide bonds.